The lowest BCUT2D eigenvalue weighted by atomic mass is 10.1. The lowest BCUT2D eigenvalue weighted by Crippen LogP contribution is -2.37. The molecule has 0 saturated carbocycles. The SMILES string of the molecule is Cc1cc(C)cc(OCCN(C)C(=O)Cn2nnc3ccccc3c2=O)c1. The van der Waals surface area contributed by atoms with Gasteiger partial charge in [0, 0.05) is 7.05 Å². The Morgan fingerprint density at radius 2 is 1.85 bits per heavy atom. The Labute approximate surface area is 157 Å². The zero-order chi connectivity index (χ0) is 19.4. The first kappa shape index (κ1) is 18.6. The number of aromatic nitrogens is 3. The summed E-state index contributed by atoms with van der Waals surface area (Å²) in [7, 11) is 1.67. The molecule has 0 fully saturated rings. The van der Waals surface area contributed by atoms with Crippen LogP contribution in [0.1, 0.15) is 11.1 Å². The molecule has 0 N–H and O–H groups in total. The molecule has 0 radical (unpaired) electrons. The number of rotatable bonds is 6. The van der Waals surface area contributed by atoms with E-state index in [4.69, 9.17) is 4.74 Å². The number of nitrogens with zero attached hydrogens (tertiary/aromatic N) is 4. The highest BCUT2D eigenvalue weighted by Gasteiger charge is 2.13. The molecule has 0 bridgehead atoms. The van der Waals surface area contributed by atoms with Crippen molar-refractivity contribution in [3.05, 3.63) is 63.9 Å². The number of carbonyl (C=O) groups excluding carboxylic acids is 1. The van der Waals surface area contributed by atoms with Gasteiger partial charge in [0.2, 0.25) is 5.91 Å². The van der Waals surface area contributed by atoms with Crippen molar-refractivity contribution in [1.29, 1.82) is 0 Å². The Balaban J connectivity index is 1.59. The molecular weight excluding hydrogens is 344 g/mol. The van der Waals surface area contributed by atoms with Crippen LogP contribution in [0.4, 0.5) is 0 Å². The maximum Gasteiger partial charge on any atom is 0.278 e. The van der Waals surface area contributed by atoms with E-state index in [0.29, 0.717) is 24.1 Å². The van der Waals surface area contributed by atoms with E-state index in [1.54, 1.807) is 31.3 Å². The van der Waals surface area contributed by atoms with Crippen molar-refractivity contribution >= 4 is 16.8 Å². The molecule has 140 valence electrons. The molecule has 3 aromatic rings. The molecule has 1 amide bonds. The van der Waals surface area contributed by atoms with E-state index in [9.17, 15) is 9.59 Å². The van der Waals surface area contributed by atoms with E-state index < -0.39 is 0 Å². The first-order chi connectivity index (χ1) is 12.9. The van der Waals surface area contributed by atoms with Crippen LogP contribution in [0.2, 0.25) is 0 Å². The van der Waals surface area contributed by atoms with Crippen LogP contribution >= 0.6 is 0 Å². The minimum Gasteiger partial charge on any atom is -0.492 e. The minimum atomic E-state index is -0.325. The lowest BCUT2D eigenvalue weighted by molar-refractivity contribution is -0.131. The van der Waals surface area contributed by atoms with Crippen molar-refractivity contribution in [3.8, 4) is 5.75 Å². The van der Waals surface area contributed by atoms with Crippen molar-refractivity contribution in [2.45, 2.75) is 20.4 Å². The van der Waals surface area contributed by atoms with Gasteiger partial charge in [0.1, 0.15) is 24.4 Å². The number of ether oxygens (including phenoxy) is 1. The first-order valence-electron chi connectivity index (χ1n) is 8.71. The smallest absolute Gasteiger partial charge is 0.278 e. The van der Waals surface area contributed by atoms with Crippen LogP contribution < -0.4 is 10.3 Å². The Hall–Kier alpha value is -3.22. The number of likely N-dealkylation sites (N-methyl/N-ethyl adjacent to an activating group) is 1. The molecular formula is C20H22N4O3. The molecule has 3 rings (SSSR count). The molecule has 0 saturated heterocycles. The van der Waals surface area contributed by atoms with Gasteiger partial charge in [-0.05, 0) is 49.2 Å². The number of carbonyl (C=O) groups is 1. The standard InChI is InChI=1S/C20H22N4O3/c1-14-10-15(2)12-16(11-14)27-9-8-23(3)19(25)13-24-20(26)17-6-4-5-7-18(17)21-22-24/h4-7,10-12H,8-9,13H2,1-3H3. The highest BCUT2D eigenvalue weighted by Crippen LogP contribution is 2.16. The molecule has 0 aliphatic carbocycles. The van der Waals surface area contributed by atoms with Gasteiger partial charge < -0.3 is 9.64 Å². The van der Waals surface area contributed by atoms with Gasteiger partial charge in [0.25, 0.3) is 5.56 Å². The Kier molecular flexibility index (Phi) is 5.49. The Morgan fingerprint density at radius 1 is 1.15 bits per heavy atom. The minimum absolute atomic E-state index is 0.156. The fourth-order valence-corrected chi connectivity index (χ4v) is 2.82. The zero-order valence-corrected chi connectivity index (χ0v) is 15.7. The van der Waals surface area contributed by atoms with E-state index in [0.717, 1.165) is 21.6 Å². The van der Waals surface area contributed by atoms with Crippen LogP contribution in [0, 0.1) is 13.8 Å². The molecule has 2 aromatic carbocycles. The third-order valence-electron chi connectivity index (χ3n) is 4.23. The molecule has 0 unspecified atom stereocenters. The average Bonchev–Trinajstić information content (AvgIpc) is 2.63. The Bertz CT molecular complexity index is 1010. The van der Waals surface area contributed by atoms with Gasteiger partial charge in [-0.1, -0.05) is 23.4 Å². The molecule has 0 aliphatic rings. The second kappa shape index (κ2) is 7.99. The van der Waals surface area contributed by atoms with Gasteiger partial charge in [0.05, 0.1) is 11.9 Å². The number of fused-ring (bicyclic) bond motifs is 1. The summed E-state index contributed by atoms with van der Waals surface area (Å²) >= 11 is 0. The van der Waals surface area contributed by atoms with Gasteiger partial charge in [-0.25, -0.2) is 4.68 Å². The maximum atomic E-state index is 12.4. The van der Waals surface area contributed by atoms with Crippen LogP contribution in [0.15, 0.2) is 47.3 Å². The zero-order valence-electron chi connectivity index (χ0n) is 15.7. The van der Waals surface area contributed by atoms with Crippen LogP contribution in [0.3, 0.4) is 0 Å². The summed E-state index contributed by atoms with van der Waals surface area (Å²) in [5, 5.41) is 8.29. The van der Waals surface area contributed by atoms with Gasteiger partial charge in [-0.3, -0.25) is 9.59 Å². The van der Waals surface area contributed by atoms with E-state index >= 15 is 0 Å². The summed E-state index contributed by atoms with van der Waals surface area (Å²) in [6.45, 7) is 4.64. The highest BCUT2D eigenvalue weighted by atomic mass is 16.5. The molecule has 0 spiro atoms. The molecule has 0 atom stereocenters. The topological polar surface area (TPSA) is 77.3 Å². The second-order valence-electron chi connectivity index (χ2n) is 6.56. The third kappa shape index (κ3) is 4.49. The van der Waals surface area contributed by atoms with Crippen LogP contribution in [-0.4, -0.2) is 46.0 Å². The monoisotopic (exact) mass is 366 g/mol. The quantitative estimate of drug-likeness (QED) is 0.666. The number of hydrogen-bond donors (Lipinski definition) is 0. The van der Waals surface area contributed by atoms with Gasteiger partial charge in [-0.2, -0.15) is 0 Å². The van der Waals surface area contributed by atoms with E-state index in [-0.39, 0.29) is 18.0 Å². The van der Waals surface area contributed by atoms with Gasteiger partial charge >= 0.3 is 0 Å². The van der Waals surface area contributed by atoms with E-state index in [2.05, 4.69) is 16.4 Å². The fraction of sp³-hybridized carbons (Fsp3) is 0.300. The average molecular weight is 366 g/mol. The molecule has 1 aromatic heterocycles. The summed E-state index contributed by atoms with van der Waals surface area (Å²) in [5.74, 6) is 0.552. The lowest BCUT2D eigenvalue weighted by Gasteiger charge is -2.18. The summed E-state index contributed by atoms with van der Waals surface area (Å²) in [6.07, 6.45) is 0. The third-order valence-corrected chi connectivity index (χ3v) is 4.23. The first-order valence-corrected chi connectivity index (χ1v) is 8.71. The summed E-state index contributed by atoms with van der Waals surface area (Å²) in [4.78, 5) is 26.3. The predicted molar refractivity (Wildman–Crippen MR) is 103 cm³/mol. The molecule has 1 heterocycles. The summed E-state index contributed by atoms with van der Waals surface area (Å²) < 4.78 is 6.82. The number of benzene rings is 2. The molecule has 0 aliphatic heterocycles. The molecule has 27 heavy (non-hydrogen) atoms. The normalized spacial score (nSPS) is 10.8. The molecule has 7 heteroatoms. The van der Waals surface area contributed by atoms with E-state index in [1.807, 2.05) is 26.0 Å². The maximum absolute atomic E-state index is 12.4. The van der Waals surface area contributed by atoms with E-state index in [1.165, 1.54) is 4.90 Å². The van der Waals surface area contributed by atoms with Crippen LogP contribution in [0.25, 0.3) is 10.9 Å². The summed E-state index contributed by atoms with van der Waals surface area (Å²) in [6, 6.07) is 12.9. The Morgan fingerprint density at radius 3 is 2.59 bits per heavy atom. The fourth-order valence-electron chi connectivity index (χ4n) is 2.82. The molecule has 7 nitrogen and oxygen atoms in total. The van der Waals surface area contributed by atoms with Crippen molar-refractivity contribution in [3.63, 3.8) is 0 Å². The number of hydrogen-bond acceptors (Lipinski definition) is 5. The summed E-state index contributed by atoms with van der Waals surface area (Å²) in [5.41, 5.74) is 2.45. The second-order valence-corrected chi connectivity index (χ2v) is 6.56. The van der Waals surface area contributed by atoms with Crippen molar-refractivity contribution in [1.82, 2.24) is 19.9 Å². The number of amides is 1. The number of aryl methyl sites for hydroxylation is 2. The van der Waals surface area contributed by atoms with Crippen LogP contribution in [-0.2, 0) is 11.3 Å². The van der Waals surface area contributed by atoms with Crippen molar-refractivity contribution < 1.29 is 9.53 Å². The van der Waals surface area contributed by atoms with Gasteiger partial charge in [-0.15, -0.1) is 5.10 Å². The van der Waals surface area contributed by atoms with Crippen molar-refractivity contribution in [2.75, 3.05) is 20.2 Å². The largest absolute Gasteiger partial charge is 0.492 e. The highest BCUT2D eigenvalue weighted by molar-refractivity contribution is 5.78. The van der Waals surface area contributed by atoms with Gasteiger partial charge in [0.15, 0.2) is 0 Å². The van der Waals surface area contributed by atoms with Crippen molar-refractivity contribution in [2.24, 2.45) is 0 Å². The van der Waals surface area contributed by atoms with Crippen LogP contribution in [0.5, 0.6) is 5.75 Å². The predicted octanol–water partition coefficient (Wildman–Crippen LogP) is 1.95.